The van der Waals surface area contributed by atoms with Crippen molar-refractivity contribution in [1.82, 2.24) is 19.8 Å². The van der Waals surface area contributed by atoms with Crippen molar-refractivity contribution in [2.24, 2.45) is 18.7 Å². The minimum absolute atomic E-state index is 0.398. The van der Waals surface area contributed by atoms with E-state index in [0.29, 0.717) is 18.1 Å². The van der Waals surface area contributed by atoms with Crippen molar-refractivity contribution in [2.75, 3.05) is 13.1 Å². The zero-order chi connectivity index (χ0) is 22.7. The Balaban J connectivity index is 1.25. The van der Waals surface area contributed by atoms with Gasteiger partial charge in [-0.3, -0.25) is 14.4 Å². The highest BCUT2D eigenvalue weighted by Gasteiger charge is 2.23. The predicted molar refractivity (Wildman–Crippen MR) is 120 cm³/mol. The molecule has 0 spiro atoms. The van der Waals surface area contributed by atoms with Gasteiger partial charge in [-0.05, 0) is 69.8 Å². The zero-order valence-electron chi connectivity index (χ0n) is 19.0. The number of benzene rings is 1. The number of rotatable bonds is 8. The number of primary amides is 1. The largest absolute Gasteiger partial charge is 0.489 e. The summed E-state index contributed by atoms with van der Waals surface area (Å²) in [6, 6.07) is 8.29. The van der Waals surface area contributed by atoms with Gasteiger partial charge in [-0.1, -0.05) is 17.3 Å². The molecule has 4 rings (SSSR count). The van der Waals surface area contributed by atoms with Crippen LogP contribution in [0.15, 0.2) is 35.0 Å². The van der Waals surface area contributed by atoms with Crippen molar-refractivity contribution in [3.8, 4) is 5.75 Å². The highest BCUT2D eigenvalue weighted by Crippen LogP contribution is 2.24. The van der Waals surface area contributed by atoms with E-state index >= 15 is 0 Å². The van der Waals surface area contributed by atoms with Crippen LogP contribution in [-0.4, -0.2) is 38.8 Å². The summed E-state index contributed by atoms with van der Waals surface area (Å²) in [4.78, 5) is 14.1. The van der Waals surface area contributed by atoms with Crippen LogP contribution in [0.4, 0.5) is 0 Å². The molecule has 0 aliphatic carbocycles. The molecule has 0 unspecified atom stereocenters. The number of carbonyl (C=O) groups is 1. The number of aryl methyl sites for hydroxylation is 3. The average molecular weight is 438 g/mol. The quantitative estimate of drug-likeness (QED) is 0.581. The number of carbonyl (C=O) groups excluding carboxylic acids is 1. The number of hydrogen-bond acceptors (Lipinski definition) is 6. The normalized spacial score (nSPS) is 15.2. The lowest BCUT2D eigenvalue weighted by atomic mass is 9.91. The van der Waals surface area contributed by atoms with Gasteiger partial charge in [0.05, 0.1) is 22.5 Å². The summed E-state index contributed by atoms with van der Waals surface area (Å²) < 4.78 is 12.8. The maximum absolute atomic E-state index is 11.6. The molecule has 1 amide bonds. The van der Waals surface area contributed by atoms with E-state index in [4.69, 9.17) is 15.0 Å². The maximum Gasteiger partial charge on any atom is 0.252 e. The van der Waals surface area contributed by atoms with Gasteiger partial charge in [-0.2, -0.15) is 5.10 Å². The molecule has 0 atom stereocenters. The van der Waals surface area contributed by atoms with E-state index in [0.717, 1.165) is 67.4 Å². The van der Waals surface area contributed by atoms with Crippen LogP contribution in [0.2, 0.25) is 0 Å². The third-order valence-corrected chi connectivity index (χ3v) is 6.25. The Morgan fingerprint density at radius 3 is 2.56 bits per heavy atom. The number of amides is 1. The summed E-state index contributed by atoms with van der Waals surface area (Å²) in [5.74, 6) is 1.77. The van der Waals surface area contributed by atoms with E-state index in [1.807, 2.05) is 33.0 Å². The van der Waals surface area contributed by atoms with Crippen LogP contribution in [-0.2, 0) is 26.6 Å². The lowest BCUT2D eigenvalue weighted by Crippen LogP contribution is -2.34. The van der Waals surface area contributed by atoms with Gasteiger partial charge in [0.15, 0.2) is 0 Å². The number of nitrogens with zero attached hydrogens (tertiary/aromatic N) is 4. The van der Waals surface area contributed by atoms with Crippen LogP contribution in [0.5, 0.6) is 5.75 Å². The first kappa shape index (κ1) is 22.1. The van der Waals surface area contributed by atoms with Crippen LogP contribution in [0, 0.1) is 19.8 Å². The smallest absolute Gasteiger partial charge is 0.252 e. The fourth-order valence-corrected chi connectivity index (χ4v) is 4.33. The zero-order valence-corrected chi connectivity index (χ0v) is 19.0. The van der Waals surface area contributed by atoms with Crippen LogP contribution in [0.1, 0.15) is 51.5 Å². The molecule has 2 aromatic heterocycles. The molecule has 8 heteroatoms. The number of aromatic nitrogens is 3. The molecule has 1 aliphatic rings. The Labute approximate surface area is 188 Å². The van der Waals surface area contributed by atoms with Crippen molar-refractivity contribution in [3.63, 3.8) is 0 Å². The highest BCUT2D eigenvalue weighted by atomic mass is 16.5. The first-order chi connectivity index (χ1) is 15.4. The van der Waals surface area contributed by atoms with Crippen molar-refractivity contribution < 1.29 is 14.1 Å². The molecule has 3 heterocycles. The topological polar surface area (TPSA) is 99.4 Å². The van der Waals surface area contributed by atoms with Gasteiger partial charge >= 0.3 is 0 Å². The SMILES string of the molecule is Cc1noc(C)c1COc1ccc(CN2CCC(Cc3nn(C)cc3C(N)=O)CC2)cc1. The molecular weight excluding hydrogens is 406 g/mol. The number of ether oxygens (including phenoxy) is 1. The Bertz CT molecular complexity index is 1040. The standard InChI is InChI=1S/C24H31N5O3/c1-16-22(17(2)32-27-16)15-31-20-6-4-19(5-7-20)13-29-10-8-18(9-11-29)12-23-21(24(25)30)14-28(3)26-23/h4-7,14,18H,8-13,15H2,1-3H3,(H2,25,30). The Morgan fingerprint density at radius 2 is 1.94 bits per heavy atom. The molecule has 170 valence electrons. The molecule has 1 fully saturated rings. The van der Waals surface area contributed by atoms with Gasteiger partial charge in [0.25, 0.3) is 5.91 Å². The van der Waals surface area contributed by atoms with Gasteiger partial charge in [-0.15, -0.1) is 0 Å². The van der Waals surface area contributed by atoms with E-state index in [9.17, 15) is 4.79 Å². The molecule has 2 N–H and O–H groups in total. The lowest BCUT2D eigenvalue weighted by molar-refractivity contribution is 0.0998. The second-order valence-electron chi connectivity index (χ2n) is 8.69. The molecule has 1 aromatic carbocycles. The Morgan fingerprint density at radius 1 is 1.22 bits per heavy atom. The molecule has 0 bridgehead atoms. The fraction of sp³-hybridized carbons (Fsp3) is 0.458. The second-order valence-corrected chi connectivity index (χ2v) is 8.69. The fourth-order valence-electron chi connectivity index (χ4n) is 4.33. The van der Waals surface area contributed by atoms with Crippen molar-refractivity contribution in [3.05, 3.63) is 64.3 Å². The van der Waals surface area contributed by atoms with Crippen molar-refractivity contribution in [1.29, 1.82) is 0 Å². The Kier molecular flexibility index (Phi) is 6.60. The first-order valence-corrected chi connectivity index (χ1v) is 11.1. The van der Waals surface area contributed by atoms with Gasteiger partial charge in [0.1, 0.15) is 18.1 Å². The third-order valence-electron chi connectivity index (χ3n) is 6.25. The Hall–Kier alpha value is -3.13. The summed E-state index contributed by atoms with van der Waals surface area (Å²) in [5.41, 5.74) is 10.0. The predicted octanol–water partition coefficient (Wildman–Crippen LogP) is 3.16. The molecule has 32 heavy (non-hydrogen) atoms. The van der Waals surface area contributed by atoms with Crippen molar-refractivity contribution >= 4 is 5.91 Å². The van der Waals surface area contributed by atoms with E-state index in [1.54, 1.807) is 10.9 Å². The lowest BCUT2D eigenvalue weighted by Gasteiger charge is -2.31. The number of nitrogens with two attached hydrogens (primary N) is 1. The minimum atomic E-state index is -0.398. The van der Waals surface area contributed by atoms with E-state index < -0.39 is 5.91 Å². The summed E-state index contributed by atoms with van der Waals surface area (Å²) in [6.45, 7) is 7.28. The summed E-state index contributed by atoms with van der Waals surface area (Å²) >= 11 is 0. The van der Waals surface area contributed by atoms with Crippen LogP contribution in [0.25, 0.3) is 0 Å². The maximum atomic E-state index is 11.6. The summed E-state index contributed by atoms with van der Waals surface area (Å²) in [6.07, 6.45) is 4.71. The monoisotopic (exact) mass is 437 g/mol. The van der Waals surface area contributed by atoms with E-state index in [-0.39, 0.29) is 0 Å². The highest BCUT2D eigenvalue weighted by molar-refractivity contribution is 5.93. The van der Waals surface area contributed by atoms with Gasteiger partial charge in [0, 0.05) is 19.8 Å². The molecule has 1 aliphatic heterocycles. The van der Waals surface area contributed by atoms with Gasteiger partial charge < -0.3 is 15.0 Å². The van der Waals surface area contributed by atoms with Gasteiger partial charge in [-0.25, -0.2) is 0 Å². The molecular formula is C24H31N5O3. The van der Waals surface area contributed by atoms with Crippen molar-refractivity contribution in [2.45, 2.75) is 46.3 Å². The second kappa shape index (κ2) is 9.56. The van der Waals surface area contributed by atoms with E-state index in [2.05, 4.69) is 27.3 Å². The average Bonchev–Trinajstić information content (AvgIpc) is 3.30. The van der Waals surface area contributed by atoms with Gasteiger partial charge in [0.2, 0.25) is 0 Å². The summed E-state index contributed by atoms with van der Waals surface area (Å²) in [5, 5.41) is 8.41. The first-order valence-electron chi connectivity index (χ1n) is 11.1. The number of likely N-dealkylation sites (tertiary alicyclic amines) is 1. The summed E-state index contributed by atoms with van der Waals surface area (Å²) in [7, 11) is 1.83. The molecule has 1 saturated heterocycles. The van der Waals surface area contributed by atoms with E-state index in [1.165, 1.54) is 5.56 Å². The molecule has 8 nitrogen and oxygen atoms in total. The van der Waals surface area contributed by atoms with Crippen LogP contribution < -0.4 is 10.5 Å². The van der Waals surface area contributed by atoms with Crippen LogP contribution in [0.3, 0.4) is 0 Å². The van der Waals surface area contributed by atoms with Crippen LogP contribution >= 0.6 is 0 Å². The number of hydrogen-bond donors (Lipinski definition) is 1. The number of piperidine rings is 1. The third kappa shape index (κ3) is 5.19. The molecule has 0 saturated carbocycles. The minimum Gasteiger partial charge on any atom is -0.489 e. The molecule has 0 radical (unpaired) electrons. The molecule has 3 aromatic rings.